The minimum Gasteiger partial charge on any atom is -0.383 e. The van der Waals surface area contributed by atoms with Crippen LogP contribution in [0.15, 0.2) is 42.5 Å². The Morgan fingerprint density at radius 2 is 1.48 bits per heavy atom. The molecule has 116 valence electrons. The first-order valence-electron chi connectivity index (χ1n) is 6.79. The fraction of sp³-hybridized carbons (Fsp3) is 0.176. The molecule has 6 heteroatoms. The van der Waals surface area contributed by atoms with Gasteiger partial charge in [-0.1, -0.05) is 18.2 Å². The Labute approximate surface area is 131 Å². The summed E-state index contributed by atoms with van der Waals surface area (Å²) in [4.78, 5) is 0. The molecule has 0 spiro atoms. The molecule has 0 unspecified atom stereocenters. The Bertz CT molecular complexity index is 733. The van der Waals surface area contributed by atoms with Gasteiger partial charge in [0.2, 0.25) is 0 Å². The van der Waals surface area contributed by atoms with E-state index < -0.39 is 11.7 Å². The molecule has 0 aliphatic carbocycles. The molecule has 0 aromatic heterocycles. The molecule has 0 radical (unpaired) electrons. The number of hydrogen-bond donors (Lipinski definition) is 1. The van der Waals surface area contributed by atoms with Crippen LogP contribution >= 0.6 is 0 Å². The van der Waals surface area contributed by atoms with Gasteiger partial charge in [-0.05, 0) is 36.2 Å². The molecule has 0 atom stereocenters. The van der Waals surface area contributed by atoms with Gasteiger partial charge in [0.05, 0.1) is 22.4 Å². The number of para-hydroxylation sites is 1. The predicted octanol–water partition coefficient (Wildman–Crippen LogP) is 4.10. The Kier molecular flexibility index (Phi) is 4.88. The average molecular weight is 315 g/mol. The topological polar surface area (TPSA) is 59.6 Å². The van der Waals surface area contributed by atoms with Crippen LogP contribution in [-0.4, -0.2) is 6.54 Å². The quantitative estimate of drug-likeness (QED) is 0.924. The van der Waals surface area contributed by atoms with Crippen molar-refractivity contribution < 1.29 is 13.2 Å². The second-order valence-corrected chi connectivity index (χ2v) is 4.82. The minimum absolute atomic E-state index is 0.358. The van der Waals surface area contributed by atoms with Crippen LogP contribution in [0.25, 0.3) is 0 Å². The molecule has 2 aromatic rings. The molecule has 3 nitrogen and oxygen atoms in total. The van der Waals surface area contributed by atoms with Crippen molar-refractivity contribution in [2.75, 3.05) is 11.9 Å². The van der Waals surface area contributed by atoms with Crippen LogP contribution in [0.5, 0.6) is 0 Å². The number of rotatable bonds is 4. The summed E-state index contributed by atoms with van der Waals surface area (Å²) in [6.45, 7) is 0.402. The number of nitriles is 2. The van der Waals surface area contributed by atoms with Gasteiger partial charge in [0.1, 0.15) is 12.1 Å². The van der Waals surface area contributed by atoms with Gasteiger partial charge < -0.3 is 5.32 Å². The molecule has 23 heavy (non-hydrogen) atoms. The van der Waals surface area contributed by atoms with Crippen molar-refractivity contribution in [3.8, 4) is 12.1 Å². The average Bonchev–Trinajstić information content (AvgIpc) is 2.54. The molecule has 0 bridgehead atoms. The van der Waals surface area contributed by atoms with Crippen LogP contribution in [0.2, 0.25) is 0 Å². The van der Waals surface area contributed by atoms with Crippen molar-refractivity contribution in [3.63, 3.8) is 0 Å². The summed E-state index contributed by atoms with van der Waals surface area (Å²) in [6, 6.07) is 13.8. The van der Waals surface area contributed by atoms with E-state index in [0.717, 1.165) is 17.7 Å². The zero-order valence-corrected chi connectivity index (χ0v) is 12.0. The van der Waals surface area contributed by atoms with Gasteiger partial charge in [0.25, 0.3) is 0 Å². The van der Waals surface area contributed by atoms with Crippen molar-refractivity contribution in [3.05, 3.63) is 64.7 Å². The summed E-state index contributed by atoms with van der Waals surface area (Å²) in [6.07, 6.45) is -3.87. The lowest BCUT2D eigenvalue weighted by Gasteiger charge is -2.11. The molecule has 0 heterocycles. The SMILES string of the molecule is N#Cc1cccc(C#N)c1NCCc1ccc(C(F)(F)F)cc1. The Morgan fingerprint density at radius 3 is 1.96 bits per heavy atom. The Balaban J connectivity index is 2.04. The van der Waals surface area contributed by atoms with Gasteiger partial charge >= 0.3 is 6.18 Å². The van der Waals surface area contributed by atoms with Crippen LogP contribution in [0.4, 0.5) is 18.9 Å². The number of anilines is 1. The fourth-order valence-corrected chi connectivity index (χ4v) is 2.12. The third kappa shape index (κ3) is 4.02. The largest absolute Gasteiger partial charge is 0.416 e. The molecule has 0 saturated heterocycles. The van der Waals surface area contributed by atoms with E-state index in [-0.39, 0.29) is 0 Å². The molecule has 1 N–H and O–H groups in total. The normalized spacial score (nSPS) is 10.7. The van der Waals surface area contributed by atoms with E-state index in [0.29, 0.717) is 29.8 Å². The first-order valence-corrected chi connectivity index (χ1v) is 6.79. The third-order valence-corrected chi connectivity index (χ3v) is 3.30. The summed E-state index contributed by atoms with van der Waals surface area (Å²) in [7, 11) is 0. The number of alkyl halides is 3. The monoisotopic (exact) mass is 315 g/mol. The van der Waals surface area contributed by atoms with E-state index >= 15 is 0 Å². The van der Waals surface area contributed by atoms with Crippen molar-refractivity contribution in [2.24, 2.45) is 0 Å². The summed E-state index contributed by atoms with van der Waals surface area (Å²) < 4.78 is 37.5. The van der Waals surface area contributed by atoms with Gasteiger partial charge in [-0.25, -0.2) is 0 Å². The fourth-order valence-electron chi connectivity index (χ4n) is 2.12. The molecule has 0 amide bonds. The van der Waals surface area contributed by atoms with E-state index in [9.17, 15) is 13.2 Å². The highest BCUT2D eigenvalue weighted by Gasteiger charge is 2.29. The highest BCUT2D eigenvalue weighted by molar-refractivity contribution is 5.66. The lowest BCUT2D eigenvalue weighted by atomic mass is 10.1. The maximum Gasteiger partial charge on any atom is 0.416 e. The van der Waals surface area contributed by atoms with Gasteiger partial charge in [0, 0.05) is 6.54 Å². The number of hydrogen-bond acceptors (Lipinski definition) is 3. The van der Waals surface area contributed by atoms with Crippen LogP contribution in [0.3, 0.4) is 0 Å². The third-order valence-electron chi connectivity index (χ3n) is 3.30. The maximum atomic E-state index is 12.5. The van der Waals surface area contributed by atoms with Crippen LogP contribution in [-0.2, 0) is 12.6 Å². The van der Waals surface area contributed by atoms with Crippen molar-refractivity contribution in [2.45, 2.75) is 12.6 Å². The Morgan fingerprint density at radius 1 is 0.913 bits per heavy atom. The first-order chi connectivity index (χ1) is 11.0. The number of benzene rings is 2. The molecular formula is C17H12F3N3. The van der Waals surface area contributed by atoms with Gasteiger partial charge in [0.15, 0.2) is 0 Å². The lowest BCUT2D eigenvalue weighted by Crippen LogP contribution is -2.09. The summed E-state index contributed by atoms with van der Waals surface area (Å²) in [5.74, 6) is 0. The number of nitrogens with zero attached hydrogens (tertiary/aromatic N) is 2. The number of halogens is 3. The lowest BCUT2D eigenvalue weighted by molar-refractivity contribution is -0.137. The molecular weight excluding hydrogens is 303 g/mol. The van der Waals surface area contributed by atoms with Crippen LogP contribution < -0.4 is 5.32 Å². The second-order valence-electron chi connectivity index (χ2n) is 4.82. The molecule has 0 fully saturated rings. The van der Waals surface area contributed by atoms with Crippen molar-refractivity contribution >= 4 is 5.69 Å². The molecule has 0 aliphatic rings. The van der Waals surface area contributed by atoms with Gasteiger partial charge in [-0.3, -0.25) is 0 Å². The zero-order valence-electron chi connectivity index (χ0n) is 12.0. The Hall–Kier alpha value is -2.99. The van der Waals surface area contributed by atoms with Crippen molar-refractivity contribution in [1.82, 2.24) is 0 Å². The van der Waals surface area contributed by atoms with Crippen molar-refractivity contribution in [1.29, 1.82) is 10.5 Å². The van der Waals surface area contributed by atoms with E-state index in [1.807, 2.05) is 12.1 Å². The predicted molar refractivity (Wildman–Crippen MR) is 79.5 cm³/mol. The zero-order chi connectivity index (χ0) is 16.9. The summed E-state index contributed by atoms with van der Waals surface area (Å²) >= 11 is 0. The van der Waals surface area contributed by atoms with E-state index in [1.54, 1.807) is 18.2 Å². The maximum absolute atomic E-state index is 12.5. The summed E-state index contributed by atoms with van der Waals surface area (Å²) in [5.41, 5.74) is 1.21. The second kappa shape index (κ2) is 6.85. The van der Waals surface area contributed by atoms with E-state index in [1.165, 1.54) is 12.1 Å². The van der Waals surface area contributed by atoms with Gasteiger partial charge in [-0.15, -0.1) is 0 Å². The highest BCUT2D eigenvalue weighted by Crippen LogP contribution is 2.29. The molecule has 2 aromatic carbocycles. The first kappa shape index (κ1) is 16.4. The van der Waals surface area contributed by atoms with Crippen LogP contribution in [0.1, 0.15) is 22.3 Å². The van der Waals surface area contributed by atoms with E-state index in [4.69, 9.17) is 10.5 Å². The van der Waals surface area contributed by atoms with Crippen LogP contribution in [0, 0.1) is 22.7 Å². The molecule has 2 rings (SSSR count). The van der Waals surface area contributed by atoms with Gasteiger partial charge in [-0.2, -0.15) is 23.7 Å². The highest BCUT2D eigenvalue weighted by atomic mass is 19.4. The van der Waals surface area contributed by atoms with E-state index in [2.05, 4.69) is 5.32 Å². The molecule has 0 saturated carbocycles. The smallest absolute Gasteiger partial charge is 0.383 e. The standard InChI is InChI=1S/C17H12F3N3/c18-17(19,20)15-6-4-12(5-7-15)8-9-23-16-13(10-21)2-1-3-14(16)11-22/h1-7,23H,8-9H2. The minimum atomic E-state index is -4.34. The number of nitrogens with one attached hydrogen (secondary N) is 1. The summed E-state index contributed by atoms with van der Waals surface area (Å²) in [5, 5.41) is 21.1. The molecule has 0 aliphatic heterocycles.